The highest BCUT2D eigenvalue weighted by molar-refractivity contribution is 7.91. The normalized spacial score (nSPS) is 11.8. The number of hydrogen-bond acceptors (Lipinski definition) is 2. The van der Waals surface area contributed by atoms with Crippen LogP contribution in [0, 0.1) is 0 Å². The van der Waals surface area contributed by atoms with Crippen LogP contribution in [0.4, 0.5) is 0 Å². The Kier molecular flexibility index (Phi) is 3.17. The minimum Gasteiger partial charge on any atom is -0.218 e. The Balaban J connectivity index is 2.14. The van der Waals surface area contributed by atoms with E-state index < -0.39 is 9.84 Å². The molecule has 0 bridgehead atoms. The van der Waals surface area contributed by atoms with Gasteiger partial charge in [-0.05, 0) is 34.4 Å². The van der Waals surface area contributed by atoms with Gasteiger partial charge in [0.05, 0.1) is 9.79 Å². The smallest absolute Gasteiger partial charge is 0.207 e. The Morgan fingerprint density at radius 2 is 1.13 bits per heavy atom. The van der Waals surface area contributed by atoms with Crippen molar-refractivity contribution >= 4 is 31.4 Å². The predicted octanol–water partition coefficient (Wildman–Crippen LogP) is 4.83. The molecule has 0 aliphatic heterocycles. The summed E-state index contributed by atoms with van der Waals surface area (Å²) >= 11 is 0. The van der Waals surface area contributed by atoms with Gasteiger partial charge in [-0.3, -0.25) is 0 Å². The second-order valence-electron chi connectivity index (χ2n) is 5.46. The highest BCUT2D eigenvalue weighted by atomic mass is 32.2. The van der Waals surface area contributed by atoms with Gasteiger partial charge in [0.25, 0.3) is 0 Å². The zero-order valence-electron chi connectivity index (χ0n) is 12.3. The quantitative estimate of drug-likeness (QED) is 0.496. The molecule has 23 heavy (non-hydrogen) atoms. The van der Waals surface area contributed by atoms with E-state index >= 15 is 0 Å². The molecule has 0 aromatic heterocycles. The molecule has 0 amide bonds. The Morgan fingerprint density at radius 3 is 1.87 bits per heavy atom. The lowest BCUT2D eigenvalue weighted by Gasteiger charge is -2.11. The highest BCUT2D eigenvalue weighted by Gasteiger charge is 2.21. The average Bonchev–Trinajstić information content (AvgIpc) is 2.62. The second-order valence-corrected chi connectivity index (χ2v) is 7.38. The zero-order chi connectivity index (χ0) is 15.9. The molecule has 4 rings (SSSR count). The molecule has 0 atom stereocenters. The lowest BCUT2D eigenvalue weighted by atomic mass is 10.0. The average molecular weight is 318 g/mol. The van der Waals surface area contributed by atoms with E-state index in [0.29, 0.717) is 9.79 Å². The van der Waals surface area contributed by atoms with Crippen molar-refractivity contribution in [1.82, 2.24) is 0 Å². The molecule has 0 radical (unpaired) electrons. The zero-order valence-corrected chi connectivity index (χ0v) is 13.1. The number of benzene rings is 4. The van der Waals surface area contributed by atoms with Gasteiger partial charge < -0.3 is 0 Å². The van der Waals surface area contributed by atoms with E-state index in [1.165, 1.54) is 0 Å². The maximum atomic E-state index is 13.1. The summed E-state index contributed by atoms with van der Waals surface area (Å²) in [6.45, 7) is 0. The first-order valence-electron chi connectivity index (χ1n) is 7.38. The van der Waals surface area contributed by atoms with Crippen LogP contribution in [-0.2, 0) is 9.84 Å². The molecule has 0 N–H and O–H groups in total. The maximum absolute atomic E-state index is 13.1. The van der Waals surface area contributed by atoms with Crippen LogP contribution >= 0.6 is 0 Å². The van der Waals surface area contributed by atoms with Crippen molar-refractivity contribution in [3.8, 4) is 0 Å². The van der Waals surface area contributed by atoms with Crippen molar-refractivity contribution in [2.45, 2.75) is 9.79 Å². The van der Waals surface area contributed by atoms with E-state index in [-0.39, 0.29) is 0 Å². The first-order chi connectivity index (χ1) is 11.2. The monoisotopic (exact) mass is 318 g/mol. The van der Waals surface area contributed by atoms with Crippen LogP contribution in [0.15, 0.2) is 94.7 Å². The number of hydrogen-bond donors (Lipinski definition) is 0. The fourth-order valence-electron chi connectivity index (χ4n) is 2.97. The van der Waals surface area contributed by atoms with E-state index in [1.807, 2.05) is 54.6 Å². The van der Waals surface area contributed by atoms with Crippen LogP contribution in [-0.4, -0.2) is 8.42 Å². The summed E-state index contributed by atoms with van der Waals surface area (Å²) in [6.07, 6.45) is 0. The Labute approximate surface area is 134 Å². The molecule has 0 unspecified atom stereocenters. The molecule has 3 heteroatoms. The summed E-state index contributed by atoms with van der Waals surface area (Å²) in [5, 5.41) is 3.71. The largest absolute Gasteiger partial charge is 0.218 e. The van der Waals surface area contributed by atoms with Crippen LogP contribution in [0.1, 0.15) is 0 Å². The van der Waals surface area contributed by atoms with Gasteiger partial charge in [0.1, 0.15) is 0 Å². The summed E-state index contributed by atoms with van der Waals surface area (Å²) in [4.78, 5) is 0.679. The number of rotatable bonds is 2. The van der Waals surface area contributed by atoms with Gasteiger partial charge in [-0.2, -0.15) is 0 Å². The minimum absolute atomic E-state index is 0.320. The van der Waals surface area contributed by atoms with Gasteiger partial charge in [0.2, 0.25) is 9.84 Å². The van der Waals surface area contributed by atoms with E-state index in [2.05, 4.69) is 0 Å². The lowest BCUT2D eigenvalue weighted by Crippen LogP contribution is -2.03. The number of sulfone groups is 1. The van der Waals surface area contributed by atoms with Crippen LogP contribution in [0.25, 0.3) is 21.5 Å². The third-order valence-corrected chi connectivity index (χ3v) is 5.88. The van der Waals surface area contributed by atoms with Crippen molar-refractivity contribution < 1.29 is 8.42 Å². The van der Waals surface area contributed by atoms with Gasteiger partial charge in [-0.25, -0.2) is 8.42 Å². The first-order valence-corrected chi connectivity index (χ1v) is 8.87. The lowest BCUT2D eigenvalue weighted by molar-refractivity contribution is 0.597. The molecular formula is C20H14O2S. The fourth-order valence-corrected chi connectivity index (χ4v) is 4.49. The number of fused-ring (bicyclic) bond motifs is 3. The highest BCUT2D eigenvalue weighted by Crippen LogP contribution is 2.33. The van der Waals surface area contributed by atoms with Crippen molar-refractivity contribution in [2.75, 3.05) is 0 Å². The van der Waals surface area contributed by atoms with E-state index in [9.17, 15) is 8.42 Å². The summed E-state index contributed by atoms with van der Waals surface area (Å²) in [6, 6.07) is 25.9. The minimum atomic E-state index is -3.56. The maximum Gasteiger partial charge on any atom is 0.207 e. The molecule has 0 saturated carbocycles. The van der Waals surface area contributed by atoms with E-state index in [4.69, 9.17) is 0 Å². The van der Waals surface area contributed by atoms with Gasteiger partial charge in [0.15, 0.2) is 0 Å². The van der Waals surface area contributed by atoms with Crippen LogP contribution in [0.2, 0.25) is 0 Å². The molecule has 4 aromatic carbocycles. The van der Waals surface area contributed by atoms with Crippen LogP contribution in [0.5, 0.6) is 0 Å². The Hall–Kier alpha value is -2.65. The second kappa shape index (κ2) is 5.21. The third-order valence-electron chi connectivity index (χ3n) is 4.07. The summed E-state index contributed by atoms with van der Waals surface area (Å²) in [7, 11) is -3.56. The first kappa shape index (κ1) is 14.0. The SMILES string of the molecule is O=S(=O)(c1ccccc1)c1cc2ccccc2c2ccccc12. The molecule has 2 nitrogen and oxygen atoms in total. The molecule has 0 saturated heterocycles. The molecule has 4 aromatic rings. The summed E-state index contributed by atoms with van der Waals surface area (Å²) < 4.78 is 26.2. The van der Waals surface area contributed by atoms with Crippen molar-refractivity contribution in [3.63, 3.8) is 0 Å². The van der Waals surface area contributed by atoms with Crippen molar-refractivity contribution in [3.05, 3.63) is 84.9 Å². The molecule has 0 spiro atoms. The van der Waals surface area contributed by atoms with Gasteiger partial charge in [-0.15, -0.1) is 0 Å². The molecule has 0 fully saturated rings. The summed E-state index contributed by atoms with van der Waals surface area (Å²) in [5.74, 6) is 0. The standard InChI is InChI=1S/C20H14O2S/c21-23(22,16-9-2-1-3-10-16)20-14-15-8-4-5-11-17(15)18-12-6-7-13-19(18)20/h1-14H. The molecule has 0 heterocycles. The predicted molar refractivity (Wildman–Crippen MR) is 93.3 cm³/mol. The Bertz CT molecular complexity index is 1110. The Morgan fingerprint density at radius 1 is 0.565 bits per heavy atom. The van der Waals surface area contributed by atoms with Gasteiger partial charge in [-0.1, -0.05) is 66.7 Å². The van der Waals surface area contributed by atoms with Crippen LogP contribution < -0.4 is 0 Å². The third kappa shape index (κ3) is 2.21. The van der Waals surface area contributed by atoms with Crippen molar-refractivity contribution in [1.29, 1.82) is 0 Å². The van der Waals surface area contributed by atoms with Crippen LogP contribution in [0.3, 0.4) is 0 Å². The summed E-state index contributed by atoms with van der Waals surface area (Å²) in [5.41, 5.74) is 0. The van der Waals surface area contributed by atoms with Crippen molar-refractivity contribution in [2.24, 2.45) is 0 Å². The molecule has 0 aliphatic rings. The fraction of sp³-hybridized carbons (Fsp3) is 0. The molecule has 0 aliphatic carbocycles. The molecular weight excluding hydrogens is 304 g/mol. The van der Waals surface area contributed by atoms with E-state index in [0.717, 1.165) is 21.5 Å². The van der Waals surface area contributed by atoms with Gasteiger partial charge >= 0.3 is 0 Å². The molecule has 112 valence electrons. The topological polar surface area (TPSA) is 34.1 Å². The van der Waals surface area contributed by atoms with Gasteiger partial charge in [0, 0.05) is 5.39 Å². The van der Waals surface area contributed by atoms with E-state index in [1.54, 1.807) is 30.3 Å².